The SMILES string of the molecule is Cc1cn(CCNC(C)c2ccco2)c2ccccc12. The molecule has 3 heteroatoms. The molecule has 0 aliphatic rings. The van der Waals surface area contributed by atoms with Crippen LogP contribution in [0.2, 0.25) is 0 Å². The Morgan fingerprint density at radius 2 is 2.05 bits per heavy atom. The largest absolute Gasteiger partial charge is 0.468 e. The van der Waals surface area contributed by atoms with E-state index in [1.807, 2.05) is 12.1 Å². The molecule has 0 amide bonds. The van der Waals surface area contributed by atoms with Crippen LogP contribution in [0.5, 0.6) is 0 Å². The lowest BCUT2D eigenvalue weighted by Crippen LogP contribution is -2.22. The van der Waals surface area contributed by atoms with Gasteiger partial charge in [-0.15, -0.1) is 0 Å². The summed E-state index contributed by atoms with van der Waals surface area (Å²) in [6.45, 7) is 6.16. The van der Waals surface area contributed by atoms with Crippen molar-refractivity contribution in [2.75, 3.05) is 6.54 Å². The lowest BCUT2D eigenvalue weighted by molar-refractivity contribution is 0.424. The Hall–Kier alpha value is -2.00. The monoisotopic (exact) mass is 268 g/mol. The number of hydrogen-bond donors (Lipinski definition) is 1. The minimum atomic E-state index is 0.243. The highest BCUT2D eigenvalue weighted by Gasteiger charge is 2.08. The summed E-state index contributed by atoms with van der Waals surface area (Å²) in [5, 5.41) is 4.83. The van der Waals surface area contributed by atoms with Crippen molar-refractivity contribution in [2.45, 2.75) is 26.4 Å². The smallest absolute Gasteiger partial charge is 0.120 e. The van der Waals surface area contributed by atoms with E-state index in [9.17, 15) is 0 Å². The molecule has 0 spiro atoms. The minimum Gasteiger partial charge on any atom is -0.468 e. The van der Waals surface area contributed by atoms with Crippen molar-refractivity contribution in [3.8, 4) is 0 Å². The maximum absolute atomic E-state index is 5.40. The predicted molar refractivity (Wildman–Crippen MR) is 81.8 cm³/mol. The topological polar surface area (TPSA) is 30.1 Å². The summed E-state index contributed by atoms with van der Waals surface area (Å²) in [6.07, 6.45) is 3.94. The third-order valence-corrected chi connectivity index (χ3v) is 3.76. The lowest BCUT2D eigenvalue weighted by Gasteiger charge is -2.12. The van der Waals surface area contributed by atoms with Gasteiger partial charge >= 0.3 is 0 Å². The number of hydrogen-bond acceptors (Lipinski definition) is 2. The summed E-state index contributed by atoms with van der Waals surface area (Å²) >= 11 is 0. The summed E-state index contributed by atoms with van der Waals surface area (Å²) in [5.74, 6) is 0.985. The Labute approximate surface area is 119 Å². The molecule has 0 saturated carbocycles. The van der Waals surface area contributed by atoms with Gasteiger partial charge in [-0.1, -0.05) is 18.2 Å². The molecule has 0 aliphatic carbocycles. The van der Waals surface area contributed by atoms with Gasteiger partial charge in [-0.3, -0.25) is 0 Å². The normalized spacial score (nSPS) is 12.9. The van der Waals surface area contributed by atoms with Gasteiger partial charge in [-0.05, 0) is 37.6 Å². The van der Waals surface area contributed by atoms with E-state index in [0.29, 0.717) is 0 Å². The van der Waals surface area contributed by atoms with Crippen LogP contribution in [0.15, 0.2) is 53.3 Å². The van der Waals surface area contributed by atoms with Crippen molar-refractivity contribution in [1.29, 1.82) is 0 Å². The Morgan fingerprint density at radius 1 is 1.20 bits per heavy atom. The highest BCUT2D eigenvalue weighted by Crippen LogP contribution is 2.20. The van der Waals surface area contributed by atoms with Crippen LogP contribution in [0.4, 0.5) is 0 Å². The average molecular weight is 268 g/mol. The molecule has 20 heavy (non-hydrogen) atoms. The second-order valence-corrected chi connectivity index (χ2v) is 5.21. The fourth-order valence-corrected chi connectivity index (χ4v) is 2.66. The van der Waals surface area contributed by atoms with Crippen molar-refractivity contribution in [1.82, 2.24) is 9.88 Å². The quantitative estimate of drug-likeness (QED) is 0.760. The number of nitrogens with zero attached hydrogens (tertiary/aromatic N) is 1. The van der Waals surface area contributed by atoms with Crippen molar-refractivity contribution < 1.29 is 4.42 Å². The van der Waals surface area contributed by atoms with Crippen LogP contribution in [0.3, 0.4) is 0 Å². The summed E-state index contributed by atoms with van der Waals surface area (Å²) in [7, 11) is 0. The Balaban J connectivity index is 1.66. The molecule has 0 saturated heterocycles. The molecular weight excluding hydrogens is 248 g/mol. The Bertz CT molecular complexity index is 682. The van der Waals surface area contributed by atoms with E-state index in [4.69, 9.17) is 4.42 Å². The number of fused-ring (bicyclic) bond motifs is 1. The molecule has 0 fully saturated rings. The number of benzene rings is 1. The van der Waals surface area contributed by atoms with Crippen LogP contribution in [-0.4, -0.2) is 11.1 Å². The number of nitrogens with one attached hydrogen (secondary N) is 1. The first-order chi connectivity index (χ1) is 9.75. The maximum Gasteiger partial charge on any atom is 0.120 e. The molecule has 1 atom stereocenters. The second kappa shape index (κ2) is 5.55. The zero-order valence-electron chi connectivity index (χ0n) is 12.0. The van der Waals surface area contributed by atoms with Gasteiger partial charge in [0.15, 0.2) is 0 Å². The van der Waals surface area contributed by atoms with Gasteiger partial charge in [-0.25, -0.2) is 0 Å². The van der Waals surface area contributed by atoms with Gasteiger partial charge in [0.1, 0.15) is 5.76 Å². The molecule has 3 nitrogen and oxygen atoms in total. The van der Waals surface area contributed by atoms with Gasteiger partial charge in [0.25, 0.3) is 0 Å². The number of rotatable bonds is 5. The molecule has 3 aromatic rings. The van der Waals surface area contributed by atoms with Gasteiger partial charge in [0.05, 0.1) is 12.3 Å². The van der Waals surface area contributed by atoms with Crippen LogP contribution in [0.25, 0.3) is 10.9 Å². The average Bonchev–Trinajstić information content (AvgIpc) is 3.09. The zero-order valence-corrected chi connectivity index (χ0v) is 12.0. The van der Waals surface area contributed by atoms with Crippen molar-refractivity contribution >= 4 is 10.9 Å². The molecule has 2 heterocycles. The highest BCUT2D eigenvalue weighted by molar-refractivity contribution is 5.83. The van der Waals surface area contributed by atoms with Crippen molar-refractivity contribution in [3.63, 3.8) is 0 Å². The molecular formula is C17H20N2O. The fourth-order valence-electron chi connectivity index (χ4n) is 2.66. The molecule has 3 rings (SSSR count). The molecule has 104 valence electrons. The van der Waals surface area contributed by atoms with E-state index in [1.165, 1.54) is 16.5 Å². The third-order valence-electron chi connectivity index (χ3n) is 3.76. The van der Waals surface area contributed by atoms with Gasteiger partial charge in [0, 0.05) is 30.2 Å². The summed E-state index contributed by atoms with van der Waals surface area (Å²) in [5.41, 5.74) is 2.64. The summed E-state index contributed by atoms with van der Waals surface area (Å²) < 4.78 is 7.72. The van der Waals surface area contributed by atoms with Crippen LogP contribution < -0.4 is 5.32 Å². The van der Waals surface area contributed by atoms with E-state index in [1.54, 1.807) is 6.26 Å². The third kappa shape index (κ3) is 2.49. The van der Waals surface area contributed by atoms with Crippen molar-refractivity contribution in [3.05, 3.63) is 60.2 Å². The van der Waals surface area contributed by atoms with E-state index in [2.05, 4.69) is 54.2 Å². The molecule has 0 radical (unpaired) electrons. The molecule has 1 aromatic carbocycles. The Kier molecular flexibility index (Phi) is 3.61. The molecule has 0 bridgehead atoms. The van der Waals surface area contributed by atoms with Crippen LogP contribution in [0, 0.1) is 6.92 Å². The minimum absolute atomic E-state index is 0.243. The standard InChI is InChI=1S/C17H20N2O/c1-13-12-19(16-7-4-3-6-15(13)16)10-9-18-14(2)17-8-5-11-20-17/h3-8,11-12,14,18H,9-10H2,1-2H3. The van der Waals surface area contributed by atoms with Crippen molar-refractivity contribution in [2.24, 2.45) is 0 Å². The molecule has 0 aliphatic heterocycles. The first kappa shape index (κ1) is 13.0. The first-order valence-electron chi connectivity index (χ1n) is 7.07. The zero-order chi connectivity index (χ0) is 13.9. The van der Waals surface area contributed by atoms with Gasteiger partial charge in [0.2, 0.25) is 0 Å². The molecule has 1 N–H and O–H groups in total. The Morgan fingerprint density at radius 3 is 2.85 bits per heavy atom. The number of para-hydroxylation sites is 1. The van der Waals surface area contributed by atoms with Crippen LogP contribution in [-0.2, 0) is 6.54 Å². The lowest BCUT2D eigenvalue weighted by atomic mass is 10.2. The summed E-state index contributed by atoms with van der Waals surface area (Å²) in [6, 6.07) is 12.7. The number of furan rings is 1. The van der Waals surface area contributed by atoms with E-state index >= 15 is 0 Å². The molecule has 2 aromatic heterocycles. The number of aromatic nitrogens is 1. The fraction of sp³-hybridized carbons (Fsp3) is 0.294. The van der Waals surface area contributed by atoms with E-state index in [0.717, 1.165) is 18.8 Å². The van der Waals surface area contributed by atoms with E-state index < -0.39 is 0 Å². The summed E-state index contributed by atoms with van der Waals surface area (Å²) in [4.78, 5) is 0. The first-order valence-corrected chi connectivity index (χ1v) is 7.07. The van der Waals surface area contributed by atoms with Gasteiger partial charge in [-0.2, -0.15) is 0 Å². The van der Waals surface area contributed by atoms with Gasteiger partial charge < -0.3 is 14.3 Å². The maximum atomic E-state index is 5.40. The van der Waals surface area contributed by atoms with E-state index in [-0.39, 0.29) is 6.04 Å². The number of aryl methyl sites for hydroxylation is 1. The van der Waals surface area contributed by atoms with Crippen LogP contribution in [0.1, 0.15) is 24.3 Å². The van der Waals surface area contributed by atoms with Crippen LogP contribution >= 0.6 is 0 Å². The molecule has 1 unspecified atom stereocenters. The second-order valence-electron chi connectivity index (χ2n) is 5.21. The highest BCUT2D eigenvalue weighted by atomic mass is 16.3. The predicted octanol–water partition coefficient (Wildman–Crippen LogP) is 3.89.